The Morgan fingerprint density at radius 1 is 1.08 bits per heavy atom. The highest BCUT2D eigenvalue weighted by Crippen LogP contribution is 2.29. The lowest BCUT2D eigenvalue weighted by Gasteiger charge is -2.17. The van der Waals surface area contributed by atoms with E-state index in [9.17, 15) is 0 Å². The first-order valence-corrected chi connectivity index (χ1v) is 9.49. The Morgan fingerprint density at radius 3 is 2.31 bits per heavy atom. The Hall–Kier alpha value is -2.17. The van der Waals surface area contributed by atoms with E-state index in [-0.39, 0.29) is 5.92 Å². The van der Waals surface area contributed by atoms with Crippen molar-refractivity contribution < 1.29 is 0 Å². The van der Waals surface area contributed by atoms with Gasteiger partial charge in [0, 0.05) is 5.92 Å². The zero-order chi connectivity index (χ0) is 18.4. The Kier molecular flexibility index (Phi) is 6.42. The van der Waals surface area contributed by atoms with Crippen LogP contribution in [0.4, 0.5) is 0 Å². The summed E-state index contributed by atoms with van der Waals surface area (Å²) >= 11 is 6.49. The molecule has 0 saturated heterocycles. The van der Waals surface area contributed by atoms with E-state index in [1.54, 1.807) is 0 Å². The van der Waals surface area contributed by atoms with Gasteiger partial charge in [0.1, 0.15) is 0 Å². The summed E-state index contributed by atoms with van der Waals surface area (Å²) in [6, 6.07) is 20.8. The van der Waals surface area contributed by atoms with Crippen LogP contribution in [-0.4, -0.2) is 47.2 Å². The number of benzene rings is 2. The van der Waals surface area contributed by atoms with Crippen molar-refractivity contribution in [3.05, 3.63) is 71.8 Å². The normalized spacial score (nSPS) is 17.7. The van der Waals surface area contributed by atoms with E-state index in [0.29, 0.717) is 18.5 Å². The number of amidine groups is 1. The standard InChI is InChI=1S/C21H25ClN4/c1-3-25(4-2)16-23-21(22)26-15-19(17-11-7-5-8-12-17)20(24-26)18-13-9-6-10-14-18/h5-14,19H,3-4,15-16H2,1-2H3/b23-21-. The summed E-state index contributed by atoms with van der Waals surface area (Å²) < 4.78 is 0. The molecule has 1 heterocycles. The summed E-state index contributed by atoms with van der Waals surface area (Å²) in [5.41, 5.74) is 3.40. The van der Waals surface area contributed by atoms with Gasteiger partial charge in [0.05, 0.1) is 18.9 Å². The van der Waals surface area contributed by atoms with E-state index in [1.165, 1.54) is 5.56 Å². The van der Waals surface area contributed by atoms with E-state index in [2.05, 4.69) is 60.1 Å². The summed E-state index contributed by atoms with van der Waals surface area (Å²) in [6.07, 6.45) is 0. The molecule has 2 aromatic rings. The molecule has 0 amide bonds. The lowest BCUT2D eigenvalue weighted by molar-refractivity contribution is 0.312. The number of nitrogens with zero attached hydrogens (tertiary/aromatic N) is 4. The minimum Gasteiger partial charge on any atom is -0.285 e. The molecule has 3 rings (SSSR count). The maximum absolute atomic E-state index is 6.49. The number of hydrogen-bond donors (Lipinski definition) is 0. The maximum atomic E-state index is 6.49. The first-order chi connectivity index (χ1) is 12.7. The molecular weight excluding hydrogens is 344 g/mol. The number of aliphatic imine (C=N–C) groups is 1. The summed E-state index contributed by atoms with van der Waals surface area (Å²) in [5, 5.41) is 7.09. The molecule has 0 aliphatic carbocycles. The van der Waals surface area contributed by atoms with Crippen molar-refractivity contribution in [3.63, 3.8) is 0 Å². The van der Waals surface area contributed by atoms with Crippen LogP contribution in [-0.2, 0) is 0 Å². The second kappa shape index (κ2) is 8.97. The Morgan fingerprint density at radius 2 is 1.69 bits per heavy atom. The van der Waals surface area contributed by atoms with E-state index in [0.717, 1.165) is 24.4 Å². The number of hydrogen-bond acceptors (Lipinski definition) is 3. The molecule has 136 valence electrons. The molecule has 0 fully saturated rings. The minimum atomic E-state index is 0.177. The SMILES string of the molecule is CCN(CC)C/N=C(/Cl)N1CC(c2ccccc2)C(c2ccccc2)=N1. The van der Waals surface area contributed by atoms with Gasteiger partial charge in [0.15, 0.2) is 0 Å². The van der Waals surface area contributed by atoms with E-state index < -0.39 is 0 Å². The molecule has 0 spiro atoms. The van der Waals surface area contributed by atoms with Crippen molar-refractivity contribution in [2.45, 2.75) is 19.8 Å². The predicted octanol–water partition coefficient (Wildman–Crippen LogP) is 4.38. The molecule has 0 aromatic heterocycles. The second-order valence-corrected chi connectivity index (χ2v) is 6.61. The quantitative estimate of drug-likeness (QED) is 0.430. The van der Waals surface area contributed by atoms with Gasteiger partial charge >= 0.3 is 0 Å². The van der Waals surface area contributed by atoms with Crippen molar-refractivity contribution in [1.82, 2.24) is 9.91 Å². The van der Waals surface area contributed by atoms with Crippen LogP contribution in [0.3, 0.4) is 0 Å². The number of halogens is 1. The predicted molar refractivity (Wildman–Crippen MR) is 110 cm³/mol. The summed E-state index contributed by atoms with van der Waals surface area (Å²) in [7, 11) is 0. The van der Waals surface area contributed by atoms with Gasteiger partial charge in [-0.1, -0.05) is 74.5 Å². The molecule has 1 unspecified atom stereocenters. The molecular formula is C21H25ClN4. The van der Waals surface area contributed by atoms with Crippen LogP contribution < -0.4 is 0 Å². The van der Waals surface area contributed by atoms with Crippen molar-refractivity contribution in [1.29, 1.82) is 0 Å². The zero-order valence-electron chi connectivity index (χ0n) is 15.3. The van der Waals surface area contributed by atoms with Gasteiger partial charge in [-0.2, -0.15) is 5.10 Å². The van der Waals surface area contributed by atoms with Gasteiger partial charge in [-0.3, -0.25) is 4.90 Å². The average molecular weight is 369 g/mol. The molecule has 1 atom stereocenters. The molecule has 1 aliphatic rings. The summed E-state index contributed by atoms with van der Waals surface area (Å²) in [5.74, 6) is 0.177. The lowest BCUT2D eigenvalue weighted by atomic mass is 9.91. The lowest BCUT2D eigenvalue weighted by Crippen LogP contribution is -2.26. The third-order valence-corrected chi connectivity index (χ3v) is 5.01. The van der Waals surface area contributed by atoms with Crippen LogP contribution in [0.5, 0.6) is 0 Å². The zero-order valence-corrected chi connectivity index (χ0v) is 16.1. The van der Waals surface area contributed by atoms with Crippen LogP contribution in [0.25, 0.3) is 0 Å². The molecule has 2 aromatic carbocycles. The fourth-order valence-electron chi connectivity index (χ4n) is 3.10. The summed E-state index contributed by atoms with van der Waals surface area (Å²) in [6.45, 7) is 7.45. The van der Waals surface area contributed by atoms with Crippen molar-refractivity contribution in [3.8, 4) is 0 Å². The summed E-state index contributed by atoms with van der Waals surface area (Å²) in [4.78, 5) is 6.75. The largest absolute Gasteiger partial charge is 0.285 e. The fraction of sp³-hybridized carbons (Fsp3) is 0.333. The molecule has 0 N–H and O–H groups in total. The molecule has 0 radical (unpaired) electrons. The highest BCUT2D eigenvalue weighted by molar-refractivity contribution is 6.64. The van der Waals surface area contributed by atoms with Gasteiger partial charge in [-0.25, -0.2) is 10.0 Å². The van der Waals surface area contributed by atoms with Gasteiger partial charge in [-0.15, -0.1) is 0 Å². The van der Waals surface area contributed by atoms with Gasteiger partial charge < -0.3 is 0 Å². The molecule has 1 aliphatic heterocycles. The number of hydrazone groups is 1. The minimum absolute atomic E-state index is 0.177. The van der Waals surface area contributed by atoms with E-state index >= 15 is 0 Å². The Labute approximate surface area is 160 Å². The van der Waals surface area contributed by atoms with Gasteiger partial charge in [-0.05, 0) is 35.8 Å². The fourth-order valence-corrected chi connectivity index (χ4v) is 3.26. The monoisotopic (exact) mass is 368 g/mol. The Bertz CT molecular complexity index is 754. The van der Waals surface area contributed by atoms with Crippen LogP contribution in [0, 0.1) is 0 Å². The highest BCUT2D eigenvalue weighted by atomic mass is 35.5. The molecule has 0 bridgehead atoms. The average Bonchev–Trinajstić information content (AvgIpc) is 3.15. The van der Waals surface area contributed by atoms with E-state index in [1.807, 2.05) is 29.3 Å². The van der Waals surface area contributed by atoms with Crippen LogP contribution >= 0.6 is 11.6 Å². The van der Waals surface area contributed by atoms with Crippen LogP contribution in [0.1, 0.15) is 30.9 Å². The third-order valence-electron chi connectivity index (χ3n) is 4.69. The second-order valence-electron chi connectivity index (χ2n) is 6.27. The Balaban J connectivity index is 1.87. The molecule has 0 saturated carbocycles. The third kappa shape index (κ3) is 4.32. The van der Waals surface area contributed by atoms with Gasteiger partial charge in [0.2, 0.25) is 5.29 Å². The van der Waals surface area contributed by atoms with Gasteiger partial charge in [0.25, 0.3) is 0 Å². The topological polar surface area (TPSA) is 31.2 Å². The van der Waals surface area contributed by atoms with Crippen LogP contribution in [0.2, 0.25) is 0 Å². The van der Waals surface area contributed by atoms with Crippen molar-refractivity contribution in [2.75, 3.05) is 26.3 Å². The van der Waals surface area contributed by atoms with Crippen molar-refractivity contribution in [2.24, 2.45) is 10.1 Å². The molecule has 5 heteroatoms. The van der Waals surface area contributed by atoms with E-state index in [4.69, 9.17) is 16.7 Å². The van der Waals surface area contributed by atoms with Crippen LogP contribution in [0.15, 0.2) is 70.8 Å². The molecule has 4 nitrogen and oxygen atoms in total. The smallest absolute Gasteiger partial charge is 0.215 e. The first kappa shape index (κ1) is 18.6. The maximum Gasteiger partial charge on any atom is 0.215 e. The number of rotatable bonds is 6. The molecule has 26 heavy (non-hydrogen) atoms. The van der Waals surface area contributed by atoms with Crippen molar-refractivity contribution >= 4 is 22.6 Å². The highest BCUT2D eigenvalue weighted by Gasteiger charge is 2.30. The first-order valence-electron chi connectivity index (χ1n) is 9.11.